The highest BCUT2D eigenvalue weighted by Crippen LogP contribution is 2.36. The molecule has 0 radical (unpaired) electrons. The van der Waals surface area contributed by atoms with Crippen LogP contribution in [0.3, 0.4) is 0 Å². The van der Waals surface area contributed by atoms with Crippen LogP contribution in [0.4, 0.5) is 0 Å². The summed E-state index contributed by atoms with van der Waals surface area (Å²) in [6.07, 6.45) is 4.82. The Balaban J connectivity index is 2.04. The van der Waals surface area contributed by atoms with Gasteiger partial charge in [-0.15, -0.1) is 0 Å². The molecule has 7 heteroatoms. The van der Waals surface area contributed by atoms with Gasteiger partial charge in [-0.05, 0) is 25.7 Å². The number of aliphatic hydroxyl groups is 1. The Morgan fingerprint density at radius 2 is 1.95 bits per heavy atom. The molecule has 3 atom stereocenters. The predicted molar refractivity (Wildman–Crippen MR) is 78.1 cm³/mol. The largest absolute Gasteiger partial charge is 0.469 e. The van der Waals surface area contributed by atoms with Crippen molar-refractivity contribution in [1.29, 1.82) is 0 Å². The van der Waals surface area contributed by atoms with Gasteiger partial charge in [0.05, 0.1) is 25.4 Å². The highest BCUT2D eigenvalue weighted by Gasteiger charge is 2.41. The molecule has 2 aliphatic rings. The number of hydrogen-bond acceptors (Lipinski definition) is 5. The second-order valence-electron chi connectivity index (χ2n) is 5.98. The molecule has 1 saturated heterocycles. The molecule has 0 aromatic rings. The number of carbonyl (C=O) groups excluding carboxylic acids is 1. The molecule has 1 aliphatic heterocycles. The summed E-state index contributed by atoms with van der Waals surface area (Å²) in [4.78, 5) is 11.2. The molecule has 2 rings (SSSR count). The topological polar surface area (TPSA) is 83.9 Å². The van der Waals surface area contributed by atoms with E-state index in [4.69, 9.17) is 0 Å². The van der Waals surface area contributed by atoms with Gasteiger partial charge in [0.25, 0.3) is 0 Å². The number of sulfonamides is 1. The minimum atomic E-state index is -3.47. The quantitative estimate of drug-likeness (QED) is 0.761. The second kappa shape index (κ2) is 7.07. The van der Waals surface area contributed by atoms with Gasteiger partial charge in [0.2, 0.25) is 10.0 Å². The van der Waals surface area contributed by atoms with Crippen LogP contribution in [0.15, 0.2) is 0 Å². The van der Waals surface area contributed by atoms with Crippen LogP contribution in [0.2, 0.25) is 0 Å². The highest BCUT2D eigenvalue weighted by molar-refractivity contribution is 7.89. The van der Waals surface area contributed by atoms with Crippen molar-refractivity contribution in [3.05, 3.63) is 0 Å². The number of nitrogens with zero attached hydrogens (tertiary/aromatic N) is 1. The van der Waals surface area contributed by atoms with E-state index < -0.39 is 22.1 Å². The lowest BCUT2D eigenvalue weighted by Gasteiger charge is -2.36. The van der Waals surface area contributed by atoms with E-state index in [0.29, 0.717) is 6.54 Å². The maximum atomic E-state index is 12.4. The van der Waals surface area contributed by atoms with Gasteiger partial charge in [0, 0.05) is 18.5 Å². The maximum Gasteiger partial charge on any atom is 0.306 e. The molecule has 0 aromatic heterocycles. The first-order valence-corrected chi connectivity index (χ1v) is 9.31. The fraction of sp³-hybridized carbons (Fsp3) is 0.929. The van der Waals surface area contributed by atoms with Crippen molar-refractivity contribution in [1.82, 2.24) is 4.31 Å². The van der Waals surface area contributed by atoms with Crippen molar-refractivity contribution in [2.45, 2.75) is 57.1 Å². The number of aliphatic hydroxyl groups excluding tert-OH is 1. The summed E-state index contributed by atoms with van der Waals surface area (Å²) in [5.41, 5.74) is 0. The third kappa shape index (κ3) is 3.96. The molecule has 1 N–H and O–H groups in total. The summed E-state index contributed by atoms with van der Waals surface area (Å²) in [5, 5.41) is 10.2. The van der Waals surface area contributed by atoms with Crippen LogP contribution in [0.5, 0.6) is 0 Å². The average molecular weight is 319 g/mol. The number of ether oxygens (including phenoxy) is 1. The molecule has 1 heterocycles. The van der Waals surface area contributed by atoms with E-state index >= 15 is 0 Å². The molecule has 122 valence electrons. The van der Waals surface area contributed by atoms with E-state index in [0.717, 1.165) is 38.5 Å². The fourth-order valence-electron chi connectivity index (χ4n) is 3.56. The minimum absolute atomic E-state index is 0.0363. The molecule has 0 spiro atoms. The summed E-state index contributed by atoms with van der Waals surface area (Å²) in [7, 11) is -2.21. The lowest BCUT2D eigenvalue weighted by molar-refractivity contribution is -0.140. The van der Waals surface area contributed by atoms with Gasteiger partial charge in [0.1, 0.15) is 0 Å². The first-order valence-electron chi connectivity index (χ1n) is 7.70. The first-order chi connectivity index (χ1) is 9.95. The van der Waals surface area contributed by atoms with Crippen LogP contribution in [-0.4, -0.2) is 55.4 Å². The summed E-state index contributed by atoms with van der Waals surface area (Å²) in [5.74, 6) is -0.680. The van der Waals surface area contributed by atoms with Crippen molar-refractivity contribution < 1.29 is 23.1 Å². The predicted octanol–water partition coefficient (Wildman–Crippen LogP) is 0.895. The SMILES string of the molecule is COC(=O)CCS(=O)(=O)N1CCCC1C1CCCCC1O. The van der Waals surface area contributed by atoms with E-state index in [-0.39, 0.29) is 24.1 Å². The van der Waals surface area contributed by atoms with Crippen molar-refractivity contribution in [2.75, 3.05) is 19.4 Å². The molecule has 0 aromatic carbocycles. The summed E-state index contributed by atoms with van der Waals surface area (Å²) in [6.45, 7) is 0.497. The minimum Gasteiger partial charge on any atom is -0.469 e. The summed E-state index contributed by atoms with van der Waals surface area (Å²) in [6, 6.07) is -0.108. The molecular formula is C14H25NO5S. The Morgan fingerprint density at radius 1 is 1.24 bits per heavy atom. The molecular weight excluding hydrogens is 294 g/mol. The number of esters is 1. The van der Waals surface area contributed by atoms with Crippen LogP contribution in [0.1, 0.15) is 44.9 Å². The van der Waals surface area contributed by atoms with Gasteiger partial charge < -0.3 is 9.84 Å². The number of methoxy groups -OCH3 is 1. The lowest BCUT2D eigenvalue weighted by Crippen LogP contribution is -2.46. The zero-order chi connectivity index (χ0) is 15.5. The first kappa shape index (κ1) is 16.7. The van der Waals surface area contributed by atoms with Gasteiger partial charge >= 0.3 is 5.97 Å². The molecule has 2 fully saturated rings. The van der Waals surface area contributed by atoms with Crippen LogP contribution in [0, 0.1) is 5.92 Å². The van der Waals surface area contributed by atoms with E-state index in [2.05, 4.69) is 4.74 Å². The highest BCUT2D eigenvalue weighted by atomic mass is 32.2. The summed E-state index contributed by atoms with van der Waals surface area (Å²) < 4.78 is 30.9. The van der Waals surface area contributed by atoms with Crippen LogP contribution < -0.4 is 0 Å². The number of carbonyl (C=O) groups is 1. The molecule has 1 aliphatic carbocycles. The third-order valence-corrected chi connectivity index (χ3v) is 6.56. The van der Waals surface area contributed by atoms with Crippen molar-refractivity contribution >= 4 is 16.0 Å². The van der Waals surface area contributed by atoms with Gasteiger partial charge in [0.15, 0.2) is 0 Å². The van der Waals surface area contributed by atoms with Gasteiger partial charge in [-0.25, -0.2) is 8.42 Å². The molecule has 3 unspecified atom stereocenters. The third-order valence-electron chi connectivity index (χ3n) is 4.67. The molecule has 0 amide bonds. The number of hydrogen-bond donors (Lipinski definition) is 1. The Bertz CT molecular complexity index is 464. The van der Waals surface area contributed by atoms with E-state index in [1.165, 1.54) is 11.4 Å². The number of rotatable bonds is 5. The van der Waals surface area contributed by atoms with E-state index in [1.54, 1.807) is 0 Å². The maximum absolute atomic E-state index is 12.4. The molecule has 1 saturated carbocycles. The van der Waals surface area contributed by atoms with Crippen molar-refractivity contribution in [2.24, 2.45) is 5.92 Å². The second-order valence-corrected chi connectivity index (χ2v) is 8.02. The van der Waals surface area contributed by atoms with E-state index in [9.17, 15) is 18.3 Å². The monoisotopic (exact) mass is 319 g/mol. The zero-order valence-electron chi connectivity index (χ0n) is 12.5. The van der Waals surface area contributed by atoms with Crippen molar-refractivity contribution in [3.63, 3.8) is 0 Å². The lowest BCUT2D eigenvalue weighted by atomic mass is 9.81. The summed E-state index contributed by atoms with van der Waals surface area (Å²) >= 11 is 0. The van der Waals surface area contributed by atoms with Gasteiger partial charge in [-0.2, -0.15) is 4.31 Å². The smallest absolute Gasteiger partial charge is 0.306 e. The molecule has 21 heavy (non-hydrogen) atoms. The Labute approximate surface area is 126 Å². The van der Waals surface area contributed by atoms with Crippen LogP contribution >= 0.6 is 0 Å². The van der Waals surface area contributed by atoms with Gasteiger partial charge in [-0.3, -0.25) is 4.79 Å². The van der Waals surface area contributed by atoms with Gasteiger partial charge in [-0.1, -0.05) is 12.8 Å². The molecule has 0 bridgehead atoms. The van der Waals surface area contributed by atoms with Crippen molar-refractivity contribution in [3.8, 4) is 0 Å². The Morgan fingerprint density at radius 3 is 2.62 bits per heavy atom. The van der Waals surface area contributed by atoms with Crippen LogP contribution in [-0.2, 0) is 19.6 Å². The van der Waals surface area contributed by atoms with Crippen LogP contribution in [0.25, 0.3) is 0 Å². The standard InChI is InChI=1S/C14H25NO5S/c1-20-14(17)8-10-21(18,19)15-9-4-6-12(15)11-5-2-3-7-13(11)16/h11-13,16H,2-10H2,1H3. The normalized spacial score (nSPS) is 31.2. The Kier molecular flexibility index (Phi) is 5.62. The average Bonchev–Trinajstić information content (AvgIpc) is 2.95. The molecule has 6 nitrogen and oxygen atoms in total. The fourth-order valence-corrected chi connectivity index (χ4v) is 5.30. The van der Waals surface area contributed by atoms with E-state index in [1.807, 2.05) is 0 Å². The Hall–Kier alpha value is -0.660. The zero-order valence-corrected chi connectivity index (χ0v) is 13.3.